The zero-order chi connectivity index (χ0) is 15.2. The molecule has 0 aromatic heterocycles. The summed E-state index contributed by atoms with van der Waals surface area (Å²) in [4.78, 5) is 16.8. The molecule has 22 heavy (non-hydrogen) atoms. The number of amides is 1. The molecule has 1 N–H and O–H groups in total. The van der Waals surface area contributed by atoms with Crippen molar-refractivity contribution in [3.63, 3.8) is 0 Å². The lowest BCUT2D eigenvalue weighted by Crippen LogP contribution is -2.35. The lowest BCUT2D eigenvalue weighted by atomic mass is 10.1. The highest BCUT2D eigenvalue weighted by Crippen LogP contribution is 2.22. The number of thioether (sulfide) groups is 1. The van der Waals surface area contributed by atoms with Gasteiger partial charge in [-0.2, -0.15) is 0 Å². The summed E-state index contributed by atoms with van der Waals surface area (Å²) in [5.41, 5.74) is 0.812. The van der Waals surface area contributed by atoms with Gasteiger partial charge in [-0.3, -0.25) is 9.79 Å². The second-order valence-corrected chi connectivity index (χ2v) is 5.83. The minimum absolute atomic E-state index is 0.205. The van der Waals surface area contributed by atoms with Gasteiger partial charge in [-0.15, -0.1) is 0 Å². The summed E-state index contributed by atoms with van der Waals surface area (Å²) >= 11 is 1.55. The van der Waals surface area contributed by atoms with Gasteiger partial charge in [0.25, 0.3) is 5.91 Å². The van der Waals surface area contributed by atoms with Crippen LogP contribution >= 0.6 is 11.8 Å². The highest BCUT2D eigenvalue weighted by molar-refractivity contribution is 8.14. The van der Waals surface area contributed by atoms with Crippen LogP contribution in [0.3, 0.4) is 0 Å². The zero-order valence-electron chi connectivity index (χ0n) is 11.9. The molecule has 1 aliphatic rings. The third-order valence-corrected chi connectivity index (χ3v) is 4.04. The molecule has 5 heteroatoms. The van der Waals surface area contributed by atoms with E-state index in [0.29, 0.717) is 10.9 Å². The van der Waals surface area contributed by atoms with Gasteiger partial charge < -0.3 is 10.1 Å². The predicted molar refractivity (Wildman–Crippen MR) is 89.2 cm³/mol. The molecule has 0 fully saturated rings. The number of hydrogen-bond acceptors (Lipinski definition) is 4. The first kappa shape index (κ1) is 14.7. The van der Waals surface area contributed by atoms with Gasteiger partial charge in [0.1, 0.15) is 5.75 Å². The van der Waals surface area contributed by atoms with Gasteiger partial charge in [0.05, 0.1) is 6.54 Å². The van der Waals surface area contributed by atoms with Crippen LogP contribution in [0.2, 0.25) is 0 Å². The lowest BCUT2D eigenvalue weighted by Gasteiger charge is -2.19. The predicted octanol–water partition coefficient (Wildman–Crippen LogP) is 3.03. The Labute approximate surface area is 133 Å². The van der Waals surface area contributed by atoms with Crippen molar-refractivity contribution in [2.24, 2.45) is 4.99 Å². The maximum absolute atomic E-state index is 12.6. The van der Waals surface area contributed by atoms with E-state index in [1.807, 2.05) is 60.7 Å². The Morgan fingerprint density at radius 1 is 1.09 bits per heavy atom. The average Bonchev–Trinajstić information content (AvgIpc) is 3.07. The monoisotopic (exact) mass is 312 g/mol. The van der Waals surface area contributed by atoms with Crippen LogP contribution < -0.4 is 10.1 Å². The number of rotatable bonds is 4. The normalized spacial score (nSPS) is 15.0. The van der Waals surface area contributed by atoms with E-state index in [1.54, 1.807) is 11.8 Å². The van der Waals surface area contributed by atoms with Gasteiger partial charge in [-0.25, -0.2) is 0 Å². The van der Waals surface area contributed by atoms with Crippen molar-refractivity contribution in [1.82, 2.24) is 5.32 Å². The molecule has 0 bridgehead atoms. The molecule has 0 saturated carbocycles. The number of carbonyl (C=O) groups is 1. The van der Waals surface area contributed by atoms with Crippen LogP contribution in [0.15, 0.2) is 65.7 Å². The Bertz CT molecular complexity index is 659. The second-order valence-electron chi connectivity index (χ2n) is 4.75. The number of aliphatic imine (C=N–C) groups is 1. The van der Waals surface area contributed by atoms with Crippen molar-refractivity contribution >= 4 is 22.8 Å². The molecule has 3 rings (SSSR count). The minimum atomic E-state index is -0.701. The molecule has 1 amide bonds. The van der Waals surface area contributed by atoms with E-state index in [9.17, 15) is 4.79 Å². The van der Waals surface area contributed by atoms with E-state index in [-0.39, 0.29) is 5.91 Å². The largest absolute Gasteiger partial charge is 0.476 e. The topological polar surface area (TPSA) is 50.7 Å². The SMILES string of the molecule is O=C(NC1=NCCS1)[C@@H](Oc1ccccc1)c1ccccc1. The van der Waals surface area contributed by atoms with Gasteiger partial charge in [0, 0.05) is 11.3 Å². The zero-order valence-corrected chi connectivity index (χ0v) is 12.8. The molecule has 1 heterocycles. The highest BCUT2D eigenvalue weighted by atomic mass is 32.2. The van der Waals surface area contributed by atoms with E-state index >= 15 is 0 Å². The third-order valence-electron chi connectivity index (χ3n) is 3.15. The molecule has 1 aliphatic heterocycles. The quantitative estimate of drug-likeness (QED) is 0.944. The van der Waals surface area contributed by atoms with E-state index in [4.69, 9.17) is 4.74 Å². The van der Waals surface area contributed by atoms with Crippen LogP contribution in [0.4, 0.5) is 0 Å². The molecule has 4 nitrogen and oxygen atoms in total. The van der Waals surface area contributed by atoms with Crippen molar-refractivity contribution in [2.45, 2.75) is 6.10 Å². The fourth-order valence-electron chi connectivity index (χ4n) is 2.12. The summed E-state index contributed by atoms with van der Waals surface area (Å²) in [5, 5.41) is 3.52. The second kappa shape index (κ2) is 7.13. The Morgan fingerprint density at radius 2 is 1.77 bits per heavy atom. The van der Waals surface area contributed by atoms with Gasteiger partial charge in [-0.05, 0) is 12.1 Å². The summed E-state index contributed by atoms with van der Waals surface area (Å²) in [7, 11) is 0. The number of hydrogen-bond donors (Lipinski definition) is 1. The highest BCUT2D eigenvalue weighted by Gasteiger charge is 2.24. The Hall–Kier alpha value is -2.27. The minimum Gasteiger partial charge on any atom is -0.476 e. The smallest absolute Gasteiger partial charge is 0.271 e. The Kier molecular flexibility index (Phi) is 4.75. The van der Waals surface area contributed by atoms with Crippen molar-refractivity contribution in [1.29, 1.82) is 0 Å². The Balaban J connectivity index is 1.81. The maximum atomic E-state index is 12.6. The summed E-state index contributed by atoms with van der Waals surface area (Å²) in [6.45, 7) is 0.746. The number of carbonyl (C=O) groups excluding carboxylic acids is 1. The average molecular weight is 312 g/mol. The molecule has 0 spiro atoms. The van der Waals surface area contributed by atoms with Gasteiger partial charge >= 0.3 is 0 Å². The molecule has 0 saturated heterocycles. The van der Waals surface area contributed by atoms with E-state index in [0.717, 1.165) is 17.9 Å². The molecular formula is C17H16N2O2S. The molecule has 0 radical (unpaired) electrons. The number of benzene rings is 2. The van der Waals surface area contributed by atoms with Crippen molar-refractivity contribution < 1.29 is 9.53 Å². The molecule has 1 atom stereocenters. The fourth-order valence-corrected chi connectivity index (χ4v) is 2.85. The summed E-state index contributed by atoms with van der Waals surface area (Å²) in [6, 6.07) is 18.8. The van der Waals surface area contributed by atoms with Crippen LogP contribution in [0.25, 0.3) is 0 Å². The van der Waals surface area contributed by atoms with Gasteiger partial charge in [0.2, 0.25) is 6.10 Å². The van der Waals surface area contributed by atoms with Crippen molar-refractivity contribution in [2.75, 3.05) is 12.3 Å². The van der Waals surface area contributed by atoms with E-state index < -0.39 is 6.10 Å². The molecule has 0 unspecified atom stereocenters. The summed E-state index contributed by atoms with van der Waals surface area (Å²) in [5.74, 6) is 1.36. The molecule has 2 aromatic rings. The van der Waals surface area contributed by atoms with Crippen molar-refractivity contribution in [3.05, 3.63) is 66.2 Å². The van der Waals surface area contributed by atoms with E-state index in [1.165, 1.54) is 0 Å². The third kappa shape index (κ3) is 3.68. The van der Waals surface area contributed by atoms with Crippen LogP contribution in [-0.4, -0.2) is 23.4 Å². The number of amidine groups is 1. The van der Waals surface area contributed by atoms with Crippen LogP contribution in [0.5, 0.6) is 5.75 Å². The van der Waals surface area contributed by atoms with Crippen LogP contribution in [0.1, 0.15) is 11.7 Å². The number of nitrogens with one attached hydrogen (secondary N) is 1. The van der Waals surface area contributed by atoms with Crippen LogP contribution in [-0.2, 0) is 4.79 Å². The molecule has 0 aliphatic carbocycles. The van der Waals surface area contributed by atoms with Gasteiger partial charge in [0.15, 0.2) is 5.17 Å². The molecular weight excluding hydrogens is 296 g/mol. The first-order valence-corrected chi connectivity index (χ1v) is 8.06. The number of ether oxygens (including phenoxy) is 1. The van der Waals surface area contributed by atoms with Gasteiger partial charge in [-0.1, -0.05) is 60.3 Å². The van der Waals surface area contributed by atoms with E-state index in [2.05, 4.69) is 10.3 Å². The lowest BCUT2D eigenvalue weighted by molar-refractivity contribution is -0.126. The summed E-state index contributed by atoms with van der Waals surface area (Å²) < 4.78 is 5.90. The standard InChI is InChI=1S/C17H16N2O2S/c20-16(19-17-18-11-12-22-17)15(13-7-3-1-4-8-13)21-14-9-5-2-6-10-14/h1-10,15H,11-12H2,(H,18,19,20)/t15-/m0/s1. The molecule has 112 valence electrons. The van der Waals surface area contributed by atoms with Crippen LogP contribution in [0, 0.1) is 0 Å². The first-order chi connectivity index (χ1) is 10.8. The molecule has 2 aromatic carbocycles. The first-order valence-electron chi connectivity index (χ1n) is 7.08. The van der Waals surface area contributed by atoms with Crippen molar-refractivity contribution in [3.8, 4) is 5.75 Å². The number of para-hydroxylation sites is 1. The summed E-state index contributed by atoms with van der Waals surface area (Å²) in [6.07, 6.45) is -0.701. The Morgan fingerprint density at radius 3 is 2.41 bits per heavy atom. The maximum Gasteiger partial charge on any atom is 0.271 e. The number of nitrogens with zero attached hydrogens (tertiary/aromatic N) is 1. The fraction of sp³-hybridized carbons (Fsp3) is 0.176.